The van der Waals surface area contributed by atoms with Gasteiger partial charge in [-0.25, -0.2) is 4.39 Å². The number of hydrogen-bond donors (Lipinski definition) is 1. The Hall–Kier alpha value is -0.610. The zero-order chi connectivity index (χ0) is 11.3. The number of nitrogens with one attached hydrogen (secondary N) is 1. The van der Waals surface area contributed by atoms with E-state index in [0.717, 1.165) is 35.2 Å². The van der Waals surface area contributed by atoms with E-state index in [0.29, 0.717) is 12.1 Å². The normalized spacial score (nSPS) is 27.8. The monoisotopic (exact) mass is 284 g/mol. The first-order chi connectivity index (χ1) is 7.66. The molecule has 4 heteroatoms. The fourth-order valence-corrected chi connectivity index (χ4v) is 3.30. The van der Waals surface area contributed by atoms with E-state index in [-0.39, 0.29) is 5.82 Å². The lowest BCUT2D eigenvalue weighted by atomic mass is 10.1. The molecule has 0 bridgehead atoms. The number of fused-ring (bicyclic) bond motifs is 3. The molecule has 1 aromatic rings. The van der Waals surface area contributed by atoms with E-state index in [9.17, 15) is 4.39 Å². The van der Waals surface area contributed by atoms with Crippen LogP contribution in [0.25, 0.3) is 0 Å². The molecular weight excluding hydrogens is 271 g/mol. The highest BCUT2D eigenvalue weighted by Gasteiger charge is 2.36. The average molecular weight is 285 g/mol. The van der Waals surface area contributed by atoms with E-state index in [1.165, 1.54) is 0 Å². The molecule has 0 amide bonds. The van der Waals surface area contributed by atoms with Gasteiger partial charge in [-0.3, -0.25) is 0 Å². The van der Waals surface area contributed by atoms with Gasteiger partial charge in [0.05, 0.1) is 0 Å². The molecule has 0 aromatic heterocycles. The summed E-state index contributed by atoms with van der Waals surface area (Å²) < 4.78 is 14.7. The van der Waals surface area contributed by atoms with Gasteiger partial charge in [-0.15, -0.1) is 0 Å². The lowest BCUT2D eigenvalue weighted by Crippen LogP contribution is -2.54. The summed E-state index contributed by atoms with van der Waals surface area (Å²) in [5.41, 5.74) is 1.95. The van der Waals surface area contributed by atoms with Crippen LogP contribution in [0.4, 0.5) is 10.1 Å². The number of hydrogen-bond acceptors (Lipinski definition) is 2. The Bertz CT molecular complexity index is 435. The Morgan fingerprint density at radius 1 is 1.44 bits per heavy atom. The van der Waals surface area contributed by atoms with Crippen molar-refractivity contribution in [2.24, 2.45) is 0 Å². The van der Waals surface area contributed by atoms with Gasteiger partial charge >= 0.3 is 0 Å². The molecule has 2 aliphatic rings. The molecule has 2 heterocycles. The van der Waals surface area contributed by atoms with Crippen LogP contribution in [-0.4, -0.2) is 25.2 Å². The lowest BCUT2D eigenvalue weighted by Gasteiger charge is -2.38. The van der Waals surface area contributed by atoms with E-state index in [1.807, 2.05) is 6.07 Å². The van der Waals surface area contributed by atoms with Gasteiger partial charge in [0, 0.05) is 40.9 Å². The van der Waals surface area contributed by atoms with Gasteiger partial charge < -0.3 is 10.2 Å². The van der Waals surface area contributed by atoms with Gasteiger partial charge in [-0.1, -0.05) is 15.9 Å². The van der Waals surface area contributed by atoms with Gasteiger partial charge in [0.1, 0.15) is 5.82 Å². The van der Waals surface area contributed by atoms with E-state index in [4.69, 9.17) is 0 Å². The van der Waals surface area contributed by atoms with Crippen LogP contribution in [0.3, 0.4) is 0 Å². The third-order valence-electron chi connectivity index (χ3n) is 3.54. The van der Waals surface area contributed by atoms with Crippen LogP contribution in [0.15, 0.2) is 16.6 Å². The molecule has 1 aromatic carbocycles. The van der Waals surface area contributed by atoms with Crippen molar-refractivity contribution < 1.29 is 4.39 Å². The zero-order valence-electron chi connectivity index (χ0n) is 9.13. The molecule has 2 unspecified atom stereocenters. The molecule has 0 spiro atoms. The average Bonchev–Trinajstić information content (AvgIpc) is 2.58. The molecule has 2 atom stereocenters. The van der Waals surface area contributed by atoms with Crippen molar-refractivity contribution in [3.05, 3.63) is 28.0 Å². The van der Waals surface area contributed by atoms with E-state index in [1.54, 1.807) is 6.07 Å². The minimum atomic E-state index is -0.0778. The Kier molecular flexibility index (Phi) is 2.44. The van der Waals surface area contributed by atoms with E-state index >= 15 is 0 Å². The Balaban J connectivity index is 2.10. The number of rotatable bonds is 0. The molecule has 3 rings (SSSR count). The summed E-state index contributed by atoms with van der Waals surface area (Å²) in [6.07, 6.45) is 0.825. The second kappa shape index (κ2) is 3.70. The van der Waals surface area contributed by atoms with Crippen molar-refractivity contribution in [2.75, 3.05) is 18.0 Å². The number of piperazine rings is 1. The van der Waals surface area contributed by atoms with E-state index < -0.39 is 0 Å². The minimum absolute atomic E-state index is 0.0778. The maximum absolute atomic E-state index is 13.8. The van der Waals surface area contributed by atoms with Crippen LogP contribution in [0.1, 0.15) is 12.5 Å². The third-order valence-corrected chi connectivity index (χ3v) is 4.00. The van der Waals surface area contributed by atoms with Crippen LogP contribution in [-0.2, 0) is 6.42 Å². The van der Waals surface area contributed by atoms with Gasteiger partial charge in [0.15, 0.2) is 0 Å². The molecule has 2 nitrogen and oxygen atoms in total. The number of benzene rings is 1. The molecular formula is C12H14BrFN2. The number of halogens is 2. The Morgan fingerprint density at radius 3 is 3.06 bits per heavy atom. The molecule has 0 aliphatic carbocycles. The second-order valence-corrected chi connectivity index (χ2v) is 5.57. The predicted molar refractivity (Wildman–Crippen MR) is 66.4 cm³/mol. The summed E-state index contributed by atoms with van der Waals surface area (Å²) in [6.45, 7) is 4.12. The molecule has 16 heavy (non-hydrogen) atoms. The largest absolute Gasteiger partial charge is 0.363 e. The minimum Gasteiger partial charge on any atom is -0.363 e. The SMILES string of the molecule is CC1CNCC2Cc3c(F)cc(Br)cc3N12. The summed E-state index contributed by atoms with van der Waals surface area (Å²) in [5, 5.41) is 3.40. The standard InChI is InChI=1S/C12H14BrFN2/c1-7-5-15-6-9-4-10-11(14)2-8(13)3-12(10)16(7)9/h2-3,7,9,15H,4-6H2,1H3. The van der Waals surface area contributed by atoms with Gasteiger partial charge in [-0.05, 0) is 25.5 Å². The fraction of sp³-hybridized carbons (Fsp3) is 0.500. The molecule has 1 fully saturated rings. The van der Waals surface area contributed by atoms with Crippen LogP contribution < -0.4 is 10.2 Å². The lowest BCUT2D eigenvalue weighted by molar-refractivity contribution is 0.429. The molecule has 1 saturated heterocycles. The first kappa shape index (κ1) is 10.5. The van der Waals surface area contributed by atoms with Crippen LogP contribution in [0, 0.1) is 5.82 Å². The van der Waals surface area contributed by atoms with Crippen molar-refractivity contribution in [2.45, 2.75) is 25.4 Å². The summed E-state index contributed by atoms with van der Waals surface area (Å²) in [7, 11) is 0. The van der Waals surface area contributed by atoms with Crippen molar-refractivity contribution in [1.29, 1.82) is 0 Å². The third kappa shape index (κ3) is 1.47. The zero-order valence-corrected chi connectivity index (χ0v) is 10.7. The highest BCUT2D eigenvalue weighted by Crippen LogP contribution is 2.38. The topological polar surface area (TPSA) is 15.3 Å². The molecule has 0 saturated carbocycles. The van der Waals surface area contributed by atoms with Crippen LogP contribution in [0.2, 0.25) is 0 Å². The van der Waals surface area contributed by atoms with Crippen molar-refractivity contribution in [3.8, 4) is 0 Å². The Labute approximate surface area is 103 Å². The van der Waals surface area contributed by atoms with Crippen molar-refractivity contribution in [1.82, 2.24) is 5.32 Å². The first-order valence-electron chi connectivity index (χ1n) is 5.64. The highest BCUT2D eigenvalue weighted by atomic mass is 79.9. The van der Waals surface area contributed by atoms with Gasteiger partial charge in [0.25, 0.3) is 0 Å². The fourth-order valence-electron chi connectivity index (χ4n) is 2.88. The molecule has 86 valence electrons. The second-order valence-electron chi connectivity index (χ2n) is 4.66. The predicted octanol–water partition coefficient (Wildman–Crippen LogP) is 2.31. The van der Waals surface area contributed by atoms with Crippen LogP contribution in [0.5, 0.6) is 0 Å². The smallest absolute Gasteiger partial charge is 0.129 e. The van der Waals surface area contributed by atoms with Gasteiger partial charge in [-0.2, -0.15) is 0 Å². The summed E-state index contributed by atoms with van der Waals surface area (Å²) >= 11 is 3.37. The van der Waals surface area contributed by atoms with Crippen molar-refractivity contribution >= 4 is 21.6 Å². The van der Waals surface area contributed by atoms with Gasteiger partial charge in [0.2, 0.25) is 0 Å². The maximum Gasteiger partial charge on any atom is 0.129 e. The quantitative estimate of drug-likeness (QED) is 0.787. The van der Waals surface area contributed by atoms with Crippen LogP contribution >= 0.6 is 15.9 Å². The highest BCUT2D eigenvalue weighted by molar-refractivity contribution is 9.10. The number of nitrogens with zero attached hydrogens (tertiary/aromatic N) is 1. The maximum atomic E-state index is 13.8. The summed E-state index contributed by atoms with van der Waals surface area (Å²) in [6, 6.07) is 4.46. The van der Waals surface area contributed by atoms with E-state index in [2.05, 4.69) is 33.1 Å². The molecule has 1 N–H and O–H groups in total. The molecule has 0 radical (unpaired) electrons. The number of anilines is 1. The first-order valence-corrected chi connectivity index (χ1v) is 6.43. The summed E-state index contributed by atoms with van der Waals surface area (Å²) in [5.74, 6) is -0.0778. The molecule has 2 aliphatic heterocycles. The Morgan fingerprint density at radius 2 is 2.25 bits per heavy atom. The summed E-state index contributed by atoms with van der Waals surface area (Å²) in [4.78, 5) is 2.36. The van der Waals surface area contributed by atoms with Crippen molar-refractivity contribution in [3.63, 3.8) is 0 Å².